The predicted molar refractivity (Wildman–Crippen MR) is 71.4 cm³/mol. The number of aromatic nitrogens is 1. The molecule has 1 aromatic heterocycles. The molecule has 0 aliphatic heterocycles. The standard InChI is InChI=1S/C15H16NO2/c1-17-14-7-6-13(12-15(14)18-2)8-11-16-9-4-3-5-10-16/h3-12H,1-2H3/q+1/b11-8-. The summed E-state index contributed by atoms with van der Waals surface area (Å²) in [5, 5.41) is 0. The first kappa shape index (κ1) is 12.2. The van der Waals surface area contributed by atoms with Gasteiger partial charge in [0, 0.05) is 18.2 Å². The smallest absolute Gasteiger partial charge is 0.175 e. The van der Waals surface area contributed by atoms with Crippen molar-refractivity contribution in [2.45, 2.75) is 0 Å². The van der Waals surface area contributed by atoms with Crippen molar-refractivity contribution in [2.24, 2.45) is 0 Å². The van der Waals surface area contributed by atoms with Gasteiger partial charge in [-0.3, -0.25) is 0 Å². The van der Waals surface area contributed by atoms with Crippen molar-refractivity contribution in [3.05, 3.63) is 54.4 Å². The second kappa shape index (κ2) is 5.87. The Morgan fingerprint density at radius 2 is 1.67 bits per heavy atom. The van der Waals surface area contributed by atoms with E-state index in [-0.39, 0.29) is 0 Å². The summed E-state index contributed by atoms with van der Waals surface area (Å²) in [5.74, 6) is 1.47. The molecule has 92 valence electrons. The highest BCUT2D eigenvalue weighted by Crippen LogP contribution is 2.27. The minimum absolute atomic E-state index is 0.734. The molecular formula is C15H16NO2+. The first-order valence-corrected chi connectivity index (χ1v) is 5.69. The van der Waals surface area contributed by atoms with Crippen molar-refractivity contribution in [3.63, 3.8) is 0 Å². The van der Waals surface area contributed by atoms with Crippen LogP contribution >= 0.6 is 0 Å². The SMILES string of the molecule is COc1ccc(/C=C\[n+]2ccccc2)cc1OC. The fourth-order valence-electron chi connectivity index (χ4n) is 1.64. The summed E-state index contributed by atoms with van der Waals surface area (Å²) in [7, 11) is 3.27. The molecule has 0 fully saturated rings. The minimum Gasteiger partial charge on any atom is -0.493 e. The third-order valence-corrected chi connectivity index (χ3v) is 2.59. The first-order chi connectivity index (χ1) is 8.83. The summed E-state index contributed by atoms with van der Waals surface area (Å²) in [5.41, 5.74) is 1.06. The Morgan fingerprint density at radius 3 is 2.33 bits per heavy atom. The van der Waals surface area contributed by atoms with Crippen LogP contribution in [-0.4, -0.2) is 14.2 Å². The maximum Gasteiger partial charge on any atom is 0.175 e. The van der Waals surface area contributed by atoms with Gasteiger partial charge in [0.25, 0.3) is 0 Å². The largest absolute Gasteiger partial charge is 0.493 e. The second-order valence-corrected chi connectivity index (χ2v) is 3.75. The van der Waals surface area contributed by atoms with Crippen LogP contribution in [0.5, 0.6) is 11.5 Å². The van der Waals surface area contributed by atoms with Crippen LogP contribution in [0.2, 0.25) is 0 Å². The fraction of sp³-hybridized carbons (Fsp3) is 0.133. The van der Waals surface area contributed by atoms with Crippen LogP contribution in [0.25, 0.3) is 12.3 Å². The zero-order chi connectivity index (χ0) is 12.8. The van der Waals surface area contributed by atoms with E-state index in [0.29, 0.717) is 0 Å². The zero-order valence-corrected chi connectivity index (χ0v) is 10.5. The molecule has 18 heavy (non-hydrogen) atoms. The van der Waals surface area contributed by atoms with Gasteiger partial charge in [0.15, 0.2) is 30.1 Å². The Morgan fingerprint density at radius 1 is 0.944 bits per heavy atom. The van der Waals surface area contributed by atoms with Gasteiger partial charge in [0.2, 0.25) is 0 Å². The van der Waals surface area contributed by atoms with Crippen molar-refractivity contribution >= 4 is 12.3 Å². The molecule has 0 bridgehead atoms. The highest BCUT2D eigenvalue weighted by atomic mass is 16.5. The molecule has 0 aliphatic carbocycles. The van der Waals surface area contributed by atoms with Crippen molar-refractivity contribution in [1.82, 2.24) is 0 Å². The Balaban J connectivity index is 2.22. The maximum atomic E-state index is 5.26. The lowest BCUT2D eigenvalue weighted by molar-refractivity contribution is -0.567. The summed E-state index contributed by atoms with van der Waals surface area (Å²) in [6.07, 6.45) is 7.97. The van der Waals surface area contributed by atoms with E-state index in [1.54, 1.807) is 14.2 Å². The summed E-state index contributed by atoms with van der Waals surface area (Å²) in [6.45, 7) is 0. The molecule has 0 unspecified atom stereocenters. The van der Waals surface area contributed by atoms with Gasteiger partial charge in [-0.2, -0.15) is 4.57 Å². The summed E-state index contributed by atoms with van der Waals surface area (Å²) in [4.78, 5) is 0. The van der Waals surface area contributed by atoms with Crippen molar-refractivity contribution in [3.8, 4) is 11.5 Å². The van der Waals surface area contributed by atoms with Gasteiger partial charge in [0.1, 0.15) is 0 Å². The lowest BCUT2D eigenvalue weighted by atomic mass is 10.2. The van der Waals surface area contributed by atoms with Gasteiger partial charge in [0.05, 0.1) is 14.2 Å². The Bertz CT molecular complexity index is 535. The number of nitrogens with zero attached hydrogens (tertiary/aromatic N) is 1. The molecule has 0 amide bonds. The topological polar surface area (TPSA) is 22.3 Å². The van der Waals surface area contributed by atoms with E-state index in [2.05, 4.69) is 0 Å². The van der Waals surface area contributed by atoms with Crippen molar-refractivity contribution in [2.75, 3.05) is 14.2 Å². The molecule has 2 aromatic rings. The monoisotopic (exact) mass is 242 g/mol. The molecule has 0 saturated heterocycles. The van der Waals surface area contributed by atoms with Crippen LogP contribution in [0, 0.1) is 0 Å². The molecule has 3 heteroatoms. The quantitative estimate of drug-likeness (QED) is 0.769. The summed E-state index contributed by atoms with van der Waals surface area (Å²) < 4.78 is 12.4. The van der Waals surface area contributed by atoms with Crippen LogP contribution in [0.1, 0.15) is 5.56 Å². The maximum absolute atomic E-state index is 5.26. The summed E-state index contributed by atoms with van der Waals surface area (Å²) in [6, 6.07) is 11.8. The molecular weight excluding hydrogens is 226 g/mol. The molecule has 2 rings (SSSR count). The van der Waals surface area contributed by atoms with Crippen LogP contribution < -0.4 is 14.0 Å². The molecule has 1 aromatic carbocycles. The highest BCUT2D eigenvalue weighted by Gasteiger charge is 2.03. The number of hydrogen-bond donors (Lipinski definition) is 0. The molecule has 0 N–H and O–H groups in total. The Kier molecular flexibility index (Phi) is 3.97. The molecule has 0 spiro atoms. The average molecular weight is 242 g/mol. The van der Waals surface area contributed by atoms with Gasteiger partial charge in [-0.1, -0.05) is 12.1 Å². The number of ether oxygens (including phenoxy) is 2. The number of benzene rings is 1. The minimum atomic E-state index is 0.734. The van der Waals surface area contributed by atoms with Gasteiger partial charge >= 0.3 is 0 Å². The van der Waals surface area contributed by atoms with E-state index >= 15 is 0 Å². The zero-order valence-electron chi connectivity index (χ0n) is 10.5. The van der Waals surface area contributed by atoms with Crippen LogP contribution in [-0.2, 0) is 0 Å². The van der Waals surface area contributed by atoms with Crippen LogP contribution in [0.4, 0.5) is 0 Å². The fourth-order valence-corrected chi connectivity index (χ4v) is 1.64. The van der Waals surface area contributed by atoms with E-state index < -0.39 is 0 Å². The van der Waals surface area contributed by atoms with E-state index in [1.807, 2.05) is 65.6 Å². The lowest BCUT2D eigenvalue weighted by Gasteiger charge is -2.07. The Hall–Kier alpha value is -2.29. The number of methoxy groups -OCH3 is 2. The average Bonchev–Trinajstić information content (AvgIpc) is 2.45. The van der Waals surface area contributed by atoms with E-state index in [1.165, 1.54) is 0 Å². The van der Waals surface area contributed by atoms with Gasteiger partial charge in [-0.25, -0.2) is 0 Å². The second-order valence-electron chi connectivity index (χ2n) is 3.75. The predicted octanol–water partition coefficient (Wildman–Crippen LogP) is 2.62. The third kappa shape index (κ3) is 2.88. The highest BCUT2D eigenvalue weighted by molar-refractivity contribution is 5.60. The van der Waals surface area contributed by atoms with E-state index in [4.69, 9.17) is 9.47 Å². The molecule has 0 radical (unpaired) electrons. The van der Waals surface area contributed by atoms with E-state index in [0.717, 1.165) is 17.1 Å². The lowest BCUT2D eigenvalue weighted by Crippen LogP contribution is -2.23. The van der Waals surface area contributed by atoms with Gasteiger partial charge in [-0.05, 0) is 17.7 Å². The first-order valence-electron chi connectivity index (χ1n) is 5.69. The van der Waals surface area contributed by atoms with Gasteiger partial charge in [-0.15, -0.1) is 0 Å². The van der Waals surface area contributed by atoms with E-state index in [9.17, 15) is 0 Å². The molecule has 0 saturated carbocycles. The van der Waals surface area contributed by atoms with Crippen LogP contribution in [0.15, 0.2) is 48.8 Å². The molecule has 1 heterocycles. The normalized spacial score (nSPS) is 10.6. The molecule has 0 aliphatic rings. The van der Waals surface area contributed by atoms with Gasteiger partial charge < -0.3 is 9.47 Å². The Labute approximate surface area is 107 Å². The van der Waals surface area contributed by atoms with Crippen molar-refractivity contribution < 1.29 is 14.0 Å². The number of hydrogen-bond acceptors (Lipinski definition) is 2. The van der Waals surface area contributed by atoms with Crippen LogP contribution in [0.3, 0.4) is 0 Å². The number of rotatable bonds is 4. The summed E-state index contributed by atoms with van der Waals surface area (Å²) >= 11 is 0. The van der Waals surface area contributed by atoms with Crippen molar-refractivity contribution in [1.29, 1.82) is 0 Å². The number of pyridine rings is 1. The molecule has 3 nitrogen and oxygen atoms in total. The third-order valence-electron chi connectivity index (χ3n) is 2.59. The molecule has 0 atom stereocenters.